The molecule has 6 nitrogen and oxygen atoms in total. The minimum atomic E-state index is -1.11. The van der Waals surface area contributed by atoms with Crippen molar-refractivity contribution in [1.82, 2.24) is 4.90 Å². The lowest BCUT2D eigenvalue weighted by atomic mass is 9.93. The van der Waals surface area contributed by atoms with Crippen LogP contribution < -0.4 is 0 Å². The Morgan fingerprint density at radius 1 is 1.33 bits per heavy atom. The molecule has 1 aliphatic heterocycles. The second-order valence-electron chi connectivity index (χ2n) is 5.74. The Morgan fingerprint density at radius 2 is 1.94 bits per heavy atom. The van der Waals surface area contributed by atoms with E-state index in [9.17, 15) is 14.7 Å². The summed E-state index contributed by atoms with van der Waals surface area (Å²) < 4.78 is 5.02. The van der Waals surface area contributed by atoms with E-state index in [1.165, 1.54) is 0 Å². The van der Waals surface area contributed by atoms with Crippen molar-refractivity contribution in [2.24, 2.45) is 5.41 Å². The number of likely N-dealkylation sites (tertiary alicyclic amines) is 1. The zero-order chi connectivity index (χ0) is 13.9. The van der Waals surface area contributed by atoms with Crippen molar-refractivity contribution in [2.75, 3.05) is 6.61 Å². The fourth-order valence-corrected chi connectivity index (χ4v) is 1.80. The molecular weight excluding hydrogens is 238 g/mol. The highest BCUT2D eigenvalue weighted by molar-refractivity contribution is 5.80. The first-order chi connectivity index (χ1) is 8.22. The quantitative estimate of drug-likeness (QED) is 0.800. The van der Waals surface area contributed by atoms with Gasteiger partial charge in [0.15, 0.2) is 0 Å². The molecule has 1 saturated heterocycles. The van der Waals surface area contributed by atoms with E-state index in [1.807, 2.05) is 20.8 Å². The number of carbonyl (C=O) groups is 2. The fraction of sp³-hybridized carbons (Fsp3) is 0.833. The molecule has 2 N–H and O–H groups in total. The summed E-state index contributed by atoms with van der Waals surface area (Å²) in [5.41, 5.74) is 0.0378. The topological polar surface area (TPSA) is 87.1 Å². The summed E-state index contributed by atoms with van der Waals surface area (Å²) in [4.78, 5) is 23.6. The Bertz CT molecular complexity index is 323. The average Bonchev–Trinajstić information content (AvgIpc) is 2.58. The predicted molar refractivity (Wildman–Crippen MR) is 63.9 cm³/mol. The van der Waals surface area contributed by atoms with E-state index >= 15 is 0 Å². The maximum atomic E-state index is 11.7. The Morgan fingerprint density at radius 3 is 2.44 bits per heavy atom. The molecule has 0 saturated carbocycles. The summed E-state index contributed by atoms with van der Waals surface area (Å²) in [6.07, 6.45) is -0.610. The van der Waals surface area contributed by atoms with Crippen molar-refractivity contribution in [3.8, 4) is 0 Å². The van der Waals surface area contributed by atoms with E-state index in [0.717, 1.165) is 4.90 Å². The highest BCUT2D eigenvalue weighted by Gasteiger charge is 2.41. The van der Waals surface area contributed by atoms with Gasteiger partial charge in [0.1, 0.15) is 12.3 Å². The van der Waals surface area contributed by atoms with E-state index in [1.54, 1.807) is 0 Å². The van der Waals surface area contributed by atoms with Crippen LogP contribution in [0.2, 0.25) is 0 Å². The molecule has 0 aromatic carbocycles. The van der Waals surface area contributed by atoms with Crippen LogP contribution in [0.5, 0.6) is 0 Å². The number of aliphatic hydroxyl groups is 1. The van der Waals surface area contributed by atoms with Crippen LogP contribution in [-0.2, 0) is 9.53 Å². The van der Waals surface area contributed by atoms with Gasteiger partial charge < -0.3 is 14.9 Å². The zero-order valence-electron chi connectivity index (χ0n) is 11.0. The monoisotopic (exact) mass is 259 g/mol. The van der Waals surface area contributed by atoms with E-state index in [2.05, 4.69) is 0 Å². The van der Waals surface area contributed by atoms with Crippen molar-refractivity contribution >= 4 is 12.1 Å². The van der Waals surface area contributed by atoms with Crippen molar-refractivity contribution in [2.45, 2.75) is 52.3 Å². The summed E-state index contributed by atoms with van der Waals surface area (Å²) in [7, 11) is 0. The van der Waals surface area contributed by atoms with Crippen molar-refractivity contribution in [1.29, 1.82) is 0 Å². The summed E-state index contributed by atoms with van der Waals surface area (Å²) in [6.45, 7) is 6.28. The third-order valence-electron chi connectivity index (χ3n) is 2.93. The van der Waals surface area contributed by atoms with Gasteiger partial charge in [-0.1, -0.05) is 20.8 Å². The van der Waals surface area contributed by atoms with Gasteiger partial charge >= 0.3 is 12.1 Å². The van der Waals surface area contributed by atoms with Crippen LogP contribution >= 0.6 is 0 Å². The first-order valence-electron chi connectivity index (χ1n) is 6.08. The summed E-state index contributed by atoms with van der Waals surface area (Å²) in [5.74, 6) is -1.11. The van der Waals surface area contributed by atoms with Crippen molar-refractivity contribution in [3.05, 3.63) is 0 Å². The van der Waals surface area contributed by atoms with Crippen LogP contribution in [0.25, 0.3) is 0 Å². The van der Waals surface area contributed by atoms with Crippen LogP contribution in [0.1, 0.15) is 40.0 Å². The van der Waals surface area contributed by atoms with Gasteiger partial charge in [-0.25, -0.2) is 9.59 Å². The molecule has 18 heavy (non-hydrogen) atoms. The predicted octanol–water partition coefficient (Wildman–Crippen LogP) is 1.43. The van der Waals surface area contributed by atoms with E-state index in [4.69, 9.17) is 9.84 Å². The molecule has 1 rings (SSSR count). The van der Waals surface area contributed by atoms with E-state index in [-0.39, 0.29) is 24.9 Å². The fourth-order valence-electron chi connectivity index (χ4n) is 1.80. The molecule has 1 amide bonds. The van der Waals surface area contributed by atoms with Gasteiger partial charge in [-0.05, 0) is 24.7 Å². The lowest BCUT2D eigenvalue weighted by Gasteiger charge is -2.25. The molecule has 1 unspecified atom stereocenters. The SMILES string of the molecule is CC(C)(C)CCOC(=O)N1C(O)CC[C@H]1C(=O)O. The maximum absolute atomic E-state index is 11.7. The summed E-state index contributed by atoms with van der Waals surface area (Å²) in [5, 5.41) is 18.5. The molecule has 1 heterocycles. The number of nitrogens with zero attached hydrogens (tertiary/aromatic N) is 1. The van der Waals surface area contributed by atoms with Crippen LogP contribution in [-0.4, -0.2) is 46.1 Å². The Kier molecular flexibility index (Phi) is 4.56. The Hall–Kier alpha value is -1.30. The van der Waals surface area contributed by atoms with Gasteiger partial charge in [0, 0.05) is 0 Å². The van der Waals surface area contributed by atoms with E-state index in [0.29, 0.717) is 6.42 Å². The molecule has 1 fully saturated rings. The van der Waals surface area contributed by atoms with Gasteiger partial charge in [-0.2, -0.15) is 0 Å². The number of carboxylic acids is 1. The van der Waals surface area contributed by atoms with Crippen LogP contribution in [0.15, 0.2) is 0 Å². The summed E-state index contributed by atoms with van der Waals surface area (Å²) >= 11 is 0. The molecule has 0 aliphatic carbocycles. The van der Waals surface area contributed by atoms with E-state index < -0.39 is 24.3 Å². The molecule has 1 aliphatic rings. The molecule has 6 heteroatoms. The Labute approximate surface area is 107 Å². The van der Waals surface area contributed by atoms with Crippen molar-refractivity contribution in [3.63, 3.8) is 0 Å². The molecule has 0 bridgehead atoms. The maximum Gasteiger partial charge on any atom is 0.412 e. The van der Waals surface area contributed by atoms with Gasteiger partial charge in [-0.3, -0.25) is 4.90 Å². The molecule has 0 radical (unpaired) electrons. The molecule has 0 aromatic heterocycles. The largest absolute Gasteiger partial charge is 0.480 e. The molecular formula is C12H21NO5. The smallest absolute Gasteiger partial charge is 0.412 e. The first-order valence-corrected chi connectivity index (χ1v) is 6.08. The highest BCUT2D eigenvalue weighted by Crippen LogP contribution is 2.24. The van der Waals surface area contributed by atoms with Crippen LogP contribution in [0.4, 0.5) is 4.79 Å². The van der Waals surface area contributed by atoms with Crippen LogP contribution in [0.3, 0.4) is 0 Å². The van der Waals surface area contributed by atoms with Gasteiger partial charge in [0.2, 0.25) is 0 Å². The van der Waals surface area contributed by atoms with Crippen molar-refractivity contribution < 1.29 is 24.5 Å². The summed E-state index contributed by atoms with van der Waals surface area (Å²) in [6, 6.07) is -0.984. The Balaban J connectivity index is 2.51. The zero-order valence-corrected chi connectivity index (χ0v) is 11.0. The van der Waals surface area contributed by atoms with Gasteiger partial charge in [0.25, 0.3) is 0 Å². The average molecular weight is 259 g/mol. The molecule has 0 aromatic rings. The minimum absolute atomic E-state index is 0.0378. The first kappa shape index (κ1) is 14.8. The third kappa shape index (κ3) is 3.87. The second kappa shape index (κ2) is 5.56. The number of carbonyl (C=O) groups excluding carboxylic acids is 1. The van der Waals surface area contributed by atoms with Crippen LogP contribution in [0, 0.1) is 5.41 Å². The lowest BCUT2D eigenvalue weighted by molar-refractivity contribution is -0.143. The second-order valence-corrected chi connectivity index (χ2v) is 5.74. The third-order valence-corrected chi connectivity index (χ3v) is 2.93. The normalized spacial score (nSPS) is 24.1. The number of hydrogen-bond acceptors (Lipinski definition) is 4. The number of hydrogen-bond donors (Lipinski definition) is 2. The number of amides is 1. The number of rotatable bonds is 3. The number of aliphatic hydroxyl groups excluding tert-OH is 1. The van der Waals surface area contributed by atoms with Gasteiger partial charge in [0.05, 0.1) is 6.61 Å². The number of aliphatic carboxylic acids is 1. The molecule has 104 valence electrons. The molecule has 0 spiro atoms. The van der Waals surface area contributed by atoms with Gasteiger partial charge in [-0.15, -0.1) is 0 Å². The standard InChI is InChI=1S/C12H21NO5/c1-12(2,3)6-7-18-11(17)13-8(10(15)16)4-5-9(13)14/h8-9,14H,4-7H2,1-3H3,(H,15,16)/t8-,9?/m0/s1. The number of ether oxygens (including phenoxy) is 1. The highest BCUT2D eigenvalue weighted by atomic mass is 16.6. The number of carboxylic acid groups (broad SMARTS) is 1. The minimum Gasteiger partial charge on any atom is -0.480 e. The lowest BCUT2D eigenvalue weighted by Crippen LogP contribution is -2.45. The molecule has 2 atom stereocenters.